The largest absolute Gasteiger partial charge is 0.292 e. The topological polar surface area (TPSA) is 30.0 Å². The third kappa shape index (κ3) is 3.74. The lowest BCUT2D eigenvalue weighted by Crippen LogP contribution is -2.05. The zero-order valence-electron chi connectivity index (χ0n) is 11.1. The third-order valence-corrected chi connectivity index (χ3v) is 3.49. The maximum absolute atomic E-state index is 12.1. The maximum Gasteiger partial charge on any atom is 0.185 e. The smallest absolute Gasteiger partial charge is 0.185 e. The second kappa shape index (κ2) is 6.11. The highest BCUT2D eigenvalue weighted by atomic mass is 79.9. The van der Waals surface area contributed by atoms with Gasteiger partial charge in [0.05, 0.1) is 0 Å². The van der Waals surface area contributed by atoms with E-state index in [1.165, 1.54) is 5.56 Å². The van der Waals surface area contributed by atoms with Crippen molar-refractivity contribution in [2.45, 2.75) is 26.2 Å². The van der Waals surface area contributed by atoms with Crippen LogP contribution in [0.2, 0.25) is 0 Å². The molecule has 2 rings (SSSR count). The van der Waals surface area contributed by atoms with Crippen molar-refractivity contribution in [2.75, 3.05) is 0 Å². The fourth-order valence-electron chi connectivity index (χ4n) is 1.84. The van der Waals surface area contributed by atoms with Crippen LogP contribution in [-0.2, 0) is 6.42 Å². The summed E-state index contributed by atoms with van der Waals surface area (Å²) < 4.78 is 0.880. The minimum Gasteiger partial charge on any atom is -0.292 e. The van der Waals surface area contributed by atoms with E-state index in [-0.39, 0.29) is 5.78 Å². The van der Waals surface area contributed by atoms with Crippen molar-refractivity contribution in [2.24, 2.45) is 0 Å². The van der Waals surface area contributed by atoms with E-state index in [9.17, 15) is 4.79 Å². The molecule has 1 heterocycles. The first-order valence-electron chi connectivity index (χ1n) is 6.30. The molecule has 0 aliphatic heterocycles. The van der Waals surface area contributed by atoms with Crippen LogP contribution in [0.4, 0.5) is 0 Å². The Morgan fingerprint density at radius 3 is 2.37 bits per heavy atom. The molecule has 0 bridgehead atoms. The number of carbonyl (C=O) groups is 1. The molecule has 1 aromatic carbocycles. The van der Waals surface area contributed by atoms with Crippen molar-refractivity contribution in [1.29, 1.82) is 0 Å². The Kier molecular flexibility index (Phi) is 4.48. The van der Waals surface area contributed by atoms with E-state index < -0.39 is 0 Å². The highest BCUT2D eigenvalue weighted by Crippen LogP contribution is 2.16. The van der Waals surface area contributed by atoms with Gasteiger partial charge in [0.2, 0.25) is 0 Å². The number of hydrogen-bond donors (Lipinski definition) is 0. The van der Waals surface area contributed by atoms with Crippen LogP contribution in [0.5, 0.6) is 0 Å². The fourth-order valence-corrected chi connectivity index (χ4v) is 2.07. The van der Waals surface area contributed by atoms with Crippen LogP contribution in [-0.4, -0.2) is 10.8 Å². The first-order chi connectivity index (χ1) is 9.06. The molecule has 1 aromatic heterocycles. The number of nitrogens with zero attached hydrogens (tertiary/aromatic N) is 1. The Balaban J connectivity index is 2.08. The van der Waals surface area contributed by atoms with E-state index in [1.54, 1.807) is 12.3 Å². The molecule has 98 valence electrons. The molecule has 19 heavy (non-hydrogen) atoms. The van der Waals surface area contributed by atoms with Gasteiger partial charge >= 0.3 is 0 Å². The summed E-state index contributed by atoms with van der Waals surface area (Å²) in [6, 6.07) is 11.8. The second-order valence-electron chi connectivity index (χ2n) is 4.86. The second-order valence-corrected chi connectivity index (χ2v) is 5.77. The first kappa shape index (κ1) is 13.9. The third-order valence-electron chi connectivity index (χ3n) is 3.02. The average molecular weight is 318 g/mol. The quantitative estimate of drug-likeness (QED) is 0.783. The van der Waals surface area contributed by atoms with Gasteiger partial charge in [0.15, 0.2) is 5.78 Å². The minimum absolute atomic E-state index is 0.0461. The summed E-state index contributed by atoms with van der Waals surface area (Å²) in [7, 11) is 0. The van der Waals surface area contributed by atoms with E-state index >= 15 is 0 Å². The molecule has 0 unspecified atom stereocenters. The number of benzene rings is 1. The molecular weight excluding hydrogens is 302 g/mol. The number of pyridine rings is 1. The SMILES string of the molecule is CC(C)c1ccc(CC(=O)c2ccc(Br)cn2)cc1. The molecule has 0 radical (unpaired) electrons. The summed E-state index contributed by atoms with van der Waals surface area (Å²) in [4.78, 5) is 16.2. The van der Waals surface area contributed by atoms with Crippen LogP contribution in [0.15, 0.2) is 47.1 Å². The van der Waals surface area contributed by atoms with Gasteiger partial charge in [-0.2, -0.15) is 0 Å². The van der Waals surface area contributed by atoms with Gasteiger partial charge in [0, 0.05) is 17.1 Å². The predicted octanol–water partition coefficient (Wildman–Crippen LogP) is 4.39. The number of aromatic nitrogens is 1. The van der Waals surface area contributed by atoms with E-state index in [2.05, 4.69) is 46.9 Å². The maximum atomic E-state index is 12.1. The number of halogens is 1. The van der Waals surface area contributed by atoms with Crippen molar-refractivity contribution < 1.29 is 4.79 Å². The van der Waals surface area contributed by atoms with Crippen molar-refractivity contribution >= 4 is 21.7 Å². The molecular formula is C16H16BrNO. The van der Waals surface area contributed by atoms with Crippen LogP contribution in [0.3, 0.4) is 0 Å². The van der Waals surface area contributed by atoms with E-state index in [1.807, 2.05) is 18.2 Å². The average Bonchev–Trinajstić information content (AvgIpc) is 2.40. The monoisotopic (exact) mass is 317 g/mol. The summed E-state index contributed by atoms with van der Waals surface area (Å²) in [5.74, 6) is 0.558. The van der Waals surface area contributed by atoms with Crippen LogP contribution < -0.4 is 0 Å². The van der Waals surface area contributed by atoms with Gasteiger partial charge in [0.1, 0.15) is 5.69 Å². The lowest BCUT2D eigenvalue weighted by Gasteiger charge is -2.06. The van der Waals surface area contributed by atoms with Gasteiger partial charge < -0.3 is 0 Å². The standard InChI is InChI=1S/C16H16BrNO/c1-11(2)13-5-3-12(4-6-13)9-16(19)15-8-7-14(17)10-18-15/h3-8,10-11H,9H2,1-2H3. The number of hydrogen-bond acceptors (Lipinski definition) is 2. The summed E-state index contributed by atoms with van der Waals surface area (Å²) >= 11 is 3.31. The van der Waals surface area contributed by atoms with E-state index in [0.717, 1.165) is 10.0 Å². The molecule has 0 aliphatic carbocycles. The summed E-state index contributed by atoms with van der Waals surface area (Å²) in [5.41, 5.74) is 2.83. The summed E-state index contributed by atoms with van der Waals surface area (Å²) in [6.07, 6.45) is 2.04. The zero-order chi connectivity index (χ0) is 13.8. The van der Waals surface area contributed by atoms with E-state index in [0.29, 0.717) is 18.0 Å². The molecule has 0 saturated heterocycles. The number of ketones is 1. The molecule has 2 aromatic rings. The summed E-state index contributed by atoms with van der Waals surface area (Å²) in [5, 5.41) is 0. The number of rotatable bonds is 4. The fraction of sp³-hybridized carbons (Fsp3) is 0.250. The summed E-state index contributed by atoms with van der Waals surface area (Å²) in [6.45, 7) is 4.32. The van der Waals surface area contributed by atoms with Gasteiger partial charge in [-0.25, -0.2) is 0 Å². The molecule has 0 spiro atoms. The molecule has 2 nitrogen and oxygen atoms in total. The molecule has 0 aliphatic rings. The van der Waals surface area contributed by atoms with Crippen molar-refractivity contribution in [3.63, 3.8) is 0 Å². The predicted molar refractivity (Wildman–Crippen MR) is 80.5 cm³/mol. The Hall–Kier alpha value is -1.48. The zero-order valence-corrected chi connectivity index (χ0v) is 12.6. The lowest BCUT2D eigenvalue weighted by atomic mass is 9.99. The van der Waals surface area contributed by atoms with Crippen molar-refractivity contribution in [1.82, 2.24) is 4.98 Å². The molecule has 0 amide bonds. The van der Waals surface area contributed by atoms with Crippen molar-refractivity contribution in [3.8, 4) is 0 Å². The van der Waals surface area contributed by atoms with Gasteiger partial charge in [-0.15, -0.1) is 0 Å². The van der Waals surface area contributed by atoms with Crippen LogP contribution in [0.1, 0.15) is 41.4 Å². The molecule has 0 saturated carbocycles. The van der Waals surface area contributed by atoms with Gasteiger partial charge in [0.25, 0.3) is 0 Å². The molecule has 0 atom stereocenters. The van der Waals surface area contributed by atoms with Crippen LogP contribution in [0.25, 0.3) is 0 Å². The molecule has 3 heteroatoms. The van der Waals surface area contributed by atoms with Crippen LogP contribution in [0, 0.1) is 0 Å². The van der Waals surface area contributed by atoms with Gasteiger partial charge in [-0.05, 0) is 45.1 Å². The first-order valence-corrected chi connectivity index (χ1v) is 7.09. The minimum atomic E-state index is 0.0461. The molecule has 0 N–H and O–H groups in total. The van der Waals surface area contributed by atoms with Crippen molar-refractivity contribution in [3.05, 3.63) is 63.9 Å². The normalized spacial score (nSPS) is 10.7. The number of carbonyl (C=O) groups excluding carboxylic acids is 1. The van der Waals surface area contributed by atoms with Gasteiger partial charge in [-0.3, -0.25) is 9.78 Å². The van der Waals surface area contributed by atoms with Crippen LogP contribution >= 0.6 is 15.9 Å². The Morgan fingerprint density at radius 2 is 1.84 bits per heavy atom. The highest BCUT2D eigenvalue weighted by Gasteiger charge is 2.08. The Bertz CT molecular complexity index is 558. The Labute approximate surface area is 122 Å². The van der Waals surface area contributed by atoms with Gasteiger partial charge in [-0.1, -0.05) is 38.1 Å². The van der Waals surface area contributed by atoms with E-state index in [4.69, 9.17) is 0 Å². The lowest BCUT2D eigenvalue weighted by molar-refractivity contribution is 0.0988. The molecule has 0 fully saturated rings. The number of Topliss-reactive ketones (excluding diaryl/α,β-unsaturated/α-hetero) is 1. The highest BCUT2D eigenvalue weighted by molar-refractivity contribution is 9.10. The Morgan fingerprint density at radius 1 is 1.16 bits per heavy atom.